The van der Waals surface area contributed by atoms with Crippen molar-refractivity contribution in [1.29, 1.82) is 0 Å². The molecule has 0 bridgehead atoms. The van der Waals surface area contributed by atoms with Crippen LogP contribution in [0.1, 0.15) is 29.7 Å². The van der Waals surface area contributed by atoms with Gasteiger partial charge in [0.15, 0.2) is 0 Å². The highest BCUT2D eigenvalue weighted by Gasteiger charge is 2.38. The molecule has 1 aromatic heterocycles. The highest BCUT2D eigenvalue weighted by atomic mass is 35.5. The molecule has 1 amide bonds. The minimum atomic E-state index is -0.0793. The van der Waals surface area contributed by atoms with Crippen molar-refractivity contribution < 1.29 is 9.53 Å². The Labute approximate surface area is 221 Å². The molecule has 0 unspecified atom stereocenters. The molecule has 0 saturated carbocycles. The van der Waals surface area contributed by atoms with Crippen LogP contribution >= 0.6 is 23.2 Å². The predicted octanol–water partition coefficient (Wildman–Crippen LogP) is 5.17. The number of benzene rings is 2. The fraction of sp³-hybridized carbons (Fsp3) is 0.429. The zero-order valence-corrected chi connectivity index (χ0v) is 21.7. The first-order valence-corrected chi connectivity index (χ1v) is 13.5. The van der Waals surface area contributed by atoms with E-state index in [4.69, 9.17) is 27.9 Å². The molecule has 0 radical (unpaired) electrons. The number of carbonyl (C=O) groups excluding carboxylic acids is 1. The van der Waals surface area contributed by atoms with Gasteiger partial charge in [0.05, 0.1) is 19.4 Å². The maximum atomic E-state index is 13.3. The van der Waals surface area contributed by atoms with Gasteiger partial charge in [0, 0.05) is 53.0 Å². The number of aromatic amines is 1. The van der Waals surface area contributed by atoms with Gasteiger partial charge in [-0.1, -0.05) is 35.3 Å². The van der Waals surface area contributed by atoms with Crippen molar-refractivity contribution in [3.05, 3.63) is 69.5 Å². The fourth-order valence-electron chi connectivity index (χ4n) is 5.88. The largest absolute Gasteiger partial charge is 0.378 e. The monoisotopic (exact) mass is 524 g/mol. The summed E-state index contributed by atoms with van der Waals surface area (Å²) >= 11 is 13.5. The number of aromatic nitrogens is 2. The Balaban J connectivity index is 1.14. The molecule has 2 saturated heterocycles. The van der Waals surface area contributed by atoms with E-state index in [9.17, 15) is 4.79 Å². The van der Waals surface area contributed by atoms with Gasteiger partial charge in [-0.2, -0.15) is 5.10 Å². The van der Waals surface area contributed by atoms with E-state index in [0.717, 1.165) is 75.2 Å². The molecule has 2 atom stereocenters. The van der Waals surface area contributed by atoms with Gasteiger partial charge in [-0.15, -0.1) is 0 Å². The van der Waals surface area contributed by atoms with Crippen LogP contribution in [0, 0.1) is 5.92 Å². The van der Waals surface area contributed by atoms with Crippen molar-refractivity contribution in [3.63, 3.8) is 0 Å². The number of anilines is 1. The van der Waals surface area contributed by atoms with E-state index in [2.05, 4.69) is 44.3 Å². The molecule has 3 heterocycles. The molecule has 188 valence electrons. The summed E-state index contributed by atoms with van der Waals surface area (Å²) in [5.41, 5.74) is 6.57. The molecular formula is C28H30Cl2N4O2. The normalized spacial score (nSPS) is 22.2. The van der Waals surface area contributed by atoms with Gasteiger partial charge in [0.2, 0.25) is 5.91 Å². The van der Waals surface area contributed by atoms with Crippen molar-refractivity contribution >= 4 is 34.8 Å². The Kier molecular flexibility index (Phi) is 6.67. The summed E-state index contributed by atoms with van der Waals surface area (Å²) in [7, 11) is 0. The number of hydrogen-bond donors (Lipinski definition) is 1. The van der Waals surface area contributed by atoms with Crippen LogP contribution in [0.2, 0.25) is 10.0 Å². The fourth-order valence-corrected chi connectivity index (χ4v) is 6.52. The molecule has 1 aliphatic carbocycles. The number of amides is 1. The lowest BCUT2D eigenvalue weighted by Crippen LogP contribution is -2.41. The Morgan fingerprint density at radius 3 is 2.50 bits per heavy atom. The summed E-state index contributed by atoms with van der Waals surface area (Å²) in [5, 5.41) is 8.50. The maximum Gasteiger partial charge on any atom is 0.226 e. The van der Waals surface area contributed by atoms with Crippen LogP contribution in [0.3, 0.4) is 0 Å². The topological polar surface area (TPSA) is 61.5 Å². The number of morpholine rings is 1. The molecule has 3 aliphatic rings. The SMILES string of the molecule is O=C1[C@H](Cc2c(Cl)cc(-c3ccc(N4CCOCC4)cc3)cc2Cl)CCN1[C@H]1CCc2[nH]ncc2C1. The van der Waals surface area contributed by atoms with E-state index in [1.165, 1.54) is 16.9 Å². The molecule has 2 fully saturated rings. The van der Waals surface area contributed by atoms with E-state index in [0.29, 0.717) is 16.5 Å². The summed E-state index contributed by atoms with van der Waals surface area (Å²) in [4.78, 5) is 17.7. The van der Waals surface area contributed by atoms with Gasteiger partial charge in [-0.3, -0.25) is 9.89 Å². The third-order valence-electron chi connectivity index (χ3n) is 7.95. The second-order valence-corrected chi connectivity index (χ2v) is 10.9. The lowest BCUT2D eigenvalue weighted by atomic mass is 9.92. The van der Waals surface area contributed by atoms with Crippen molar-refractivity contribution in [1.82, 2.24) is 15.1 Å². The molecule has 2 aliphatic heterocycles. The standard InChI is InChI=1S/C28H30Cl2N4O2/c29-25-15-20(18-1-3-22(4-2-18)33-9-11-36-12-10-33)16-26(30)24(25)14-19-7-8-34(28(19)35)23-5-6-27-21(13-23)17-31-32-27/h1-4,15-17,19,23H,5-14H2,(H,31,32)/t19-,23-/m0/s1. The van der Waals surface area contributed by atoms with Crippen molar-refractivity contribution in [2.45, 2.75) is 38.1 Å². The van der Waals surface area contributed by atoms with Crippen LogP contribution in [0.5, 0.6) is 0 Å². The number of aryl methyl sites for hydroxylation is 1. The summed E-state index contributed by atoms with van der Waals surface area (Å²) < 4.78 is 5.45. The van der Waals surface area contributed by atoms with Crippen molar-refractivity contribution in [3.8, 4) is 11.1 Å². The van der Waals surface area contributed by atoms with Crippen molar-refractivity contribution in [2.24, 2.45) is 5.92 Å². The quantitative estimate of drug-likeness (QED) is 0.500. The van der Waals surface area contributed by atoms with Gasteiger partial charge in [-0.05, 0) is 78.6 Å². The highest BCUT2D eigenvalue weighted by Crippen LogP contribution is 2.37. The zero-order valence-electron chi connectivity index (χ0n) is 20.2. The van der Waals surface area contributed by atoms with Crippen LogP contribution in [-0.2, 0) is 28.8 Å². The first kappa shape index (κ1) is 23.8. The number of nitrogens with zero attached hydrogens (tertiary/aromatic N) is 3. The lowest BCUT2D eigenvalue weighted by molar-refractivity contribution is -0.133. The van der Waals surface area contributed by atoms with Gasteiger partial charge >= 0.3 is 0 Å². The molecule has 6 nitrogen and oxygen atoms in total. The Morgan fingerprint density at radius 2 is 1.75 bits per heavy atom. The van der Waals surface area contributed by atoms with E-state index < -0.39 is 0 Å². The average Bonchev–Trinajstić information content (AvgIpc) is 3.52. The van der Waals surface area contributed by atoms with Crippen molar-refractivity contribution in [2.75, 3.05) is 37.7 Å². The number of H-pyrrole nitrogens is 1. The number of likely N-dealkylation sites (tertiary alicyclic amines) is 1. The van der Waals surface area contributed by atoms with Crippen LogP contribution in [0.4, 0.5) is 5.69 Å². The summed E-state index contributed by atoms with van der Waals surface area (Å²) in [6, 6.07) is 12.7. The molecule has 0 spiro atoms. The summed E-state index contributed by atoms with van der Waals surface area (Å²) in [6.07, 6.45) is 6.12. The number of rotatable bonds is 5. The van der Waals surface area contributed by atoms with Crippen LogP contribution in [0.25, 0.3) is 11.1 Å². The molecule has 36 heavy (non-hydrogen) atoms. The van der Waals surface area contributed by atoms with Gasteiger partial charge < -0.3 is 14.5 Å². The number of nitrogens with one attached hydrogen (secondary N) is 1. The Hall–Kier alpha value is -2.54. The maximum absolute atomic E-state index is 13.3. The number of carbonyl (C=O) groups is 1. The second-order valence-electron chi connectivity index (χ2n) is 10.1. The Morgan fingerprint density at radius 1 is 1.00 bits per heavy atom. The number of fused-ring (bicyclic) bond motifs is 1. The van der Waals surface area contributed by atoms with Crippen LogP contribution in [-0.4, -0.2) is 59.9 Å². The zero-order chi connectivity index (χ0) is 24.6. The number of hydrogen-bond acceptors (Lipinski definition) is 4. The molecule has 6 rings (SSSR count). The smallest absolute Gasteiger partial charge is 0.226 e. The summed E-state index contributed by atoms with van der Waals surface area (Å²) in [6.45, 7) is 4.15. The first-order valence-electron chi connectivity index (χ1n) is 12.8. The average molecular weight is 525 g/mol. The lowest BCUT2D eigenvalue weighted by Gasteiger charge is -2.31. The predicted molar refractivity (Wildman–Crippen MR) is 143 cm³/mol. The molecule has 3 aromatic rings. The molecule has 2 aromatic carbocycles. The summed E-state index contributed by atoms with van der Waals surface area (Å²) in [5.74, 6) is 0.145. The van der Waals surface area contributed by atoms with E-state index in [-0.39, 0.29) is 17.9 Å². The third kappa shape index (κ3) is 4.62. The molecule has 1 N–H and O–H groups in total. The van der Waals surface area contributed by atoms with E-state index >= 15 is 0 Å². The molecular weight excluding hydrogens is 495 g/mol. The minimum Gasteiger partial charge on any atom is -0.378 e. The number of ether oxygens (including phenoxy) is 1. The second kappa shape index (κ2) is 10.1. The van der Waals surface area contributed by atoms with Crippen LogP contribution < -0.4 is 4.90 Å². The van der Waals surface area contributed by atoms with E-state index in [1.807, 2.05) is 18.3 Å². The van der Waals surface area contributed by atoms with Gasteiger partial charge in [0.25, 0.3) is 0 Å². The molecule has 8 heteroatoms. The number of halogens is 2. The van der Waals surface area contributed by atoms with Crippen LogP contribution in [0.15, 0.2) is 42.6 Å². The van der Waals surface area contributed by atoms with E-state index in [1.54, 1.807) is 0 Å². The Bertz CT molecular complexity index is 1230. The third-order valence-corrected chi connectivity index (χ3v) is 8.63. The highest BCUT2D eigenvalue weighted by molar-refractivity contribution is 6.36. The van der Waals surface area contributed by atoms with Gasteiger partial charge in [0.1, 0.15) is 0 Å². The minimum absolute atomic E-state index is 0.0793. The van der Waals surface area contributed by atoms with Gasteiger partial charge in [-0.25, -0.2) is 0 Å². The first-order chi connectivity index (χ1) is 17.6.